The molecule has 0 bridgehead atoms. The number of fused-ring (bicyclic) bond motifs is 1. The van der Waals surface area contributed by atoms with Gasteiger partial charge in [0.1, 0.15) is 11.6 Å². The number of carbonyl (C=O) groups is 2. The number of ether oxygens (including phenoxy) is 1. The number of nitrogens with zero attached hydrogens (tertiary/aromatic N) is 2. The van der Waals surface area contributed by atoms with Gasteiger partial charge >= 0.3 is 0 Å². The molecule has 0 unspecified atom stereocenters. The number of nitrogens with two attached hydrogens (primary N) is 2. The van der Waals surface area contributed by atoms with Gasteiger partial charge in [-0.15, -0.1) is 0 Å². The average Bonchev–Trinajstić information content (AvgIpc) is 3.11. The average molecular weight is 414 g/mol. The van der Waals surface area contributed by atoms with Crippen molar-refractivity contribution in [2.45, 2.75) is 6.54 Å². The molecule has 0 saturated heterocycles. The molecule has 156 valence electrons. The second-order valence-corrected chi connectivity index (χ2v) is 7.35. The molecular weight excluding hydrogens is 392 g/mol. The first-order chi connectivity index (χ1) is 14.9. The van der Waals surface area contributed by atoms with Crippen LogP contribution < -0.4 is 16.2 Å². The fourth-order valence-corrected chi connectivity index (χ4v) is 3.71. The fraction of sp³-hybridized carbons (Fsp3) is 0.125. The summed E-state index contributed by atoms with van der Waals surface area (Å²) in [4.78, 5) is 31.6. The van der Waals surface area contributed by atoms with E-state index in [0.29, 0.717) is 40.5 Å². The van der Waals surface area contributed by atoms with E-state index >= 15 is 0 Å². The summed E-state index contributed by atoms with van der Waals surface area (Å²) in [5, 5.41) is 0. The lowest BCUT2D eigenvalue weighted by Gasteiger charge is -2.17. The molecule has 7 heteroatoms. The molecule has 7 nitrogen and oxygen atoms in total. The van der Waals surface area contributed by atoms with Crippen LogP contribution in [0.2, 0.25) is 0 Å². The Hall–Kier alpha value is -4.13. The van der Waals surface area contributed by atoms with Crippen LogP contribution in [0.25, 0.3) is 11.1 Å². The molecule has 3 aromatic rings. The highest BCUT2D eigenvalue weighted by Gasteiger charge is 2.32. The lowest BCUT2D eigenvalue weighted by molar-refractivity contribution is 0.0789. The van der Waals surface area contributed by atoms with Crippen LogP contribution in [0.4, 0.5) is 11.5 Å². The van der Waals surface area contributed by atoms with Crippen molar-refractivity contribution in [3.8, 4) is 16.9 Å². The zero-order valence-electron chi connectivity index (χ0n) is 17.1. The van der Waals surface area contributed by atoms with Crippen LogP contribution in [0.3, 0.4) is 0 Å². The molecule has 2 aromatic carbocycles. The van der Waals surface area contributed by atoms with Crippen molar-refractivity contribution in [1.29, 1.82) is 0 Å². The van der Waals surface area contributed by atoms with E-state index in [0.717, 1.165) is 16.7 Å². The summed E-state index contributed by atoms with van der Waals surface area (Å²) in [5.41, 5.74) is 16.0. The van der Waals surface area contributed by atoms with Crippen LogP contribution in [0.1, 0.15) is 26.3 Å². The maximum Gasteiger partial charge on any atom is 0.256 e. The van der Waals surface area contributed by atoms with Gasteiger partial charge in [-0.25, -0.2) is 4.98 Å². The highest BCUT2D eigenvalue weighted by Crippen LogP contribution is 2.36. The largest absolute Gasteiger partial charge is 0.497 e. The number of benzene rings is 2. The molecule has 1 aromatic heterocycles. The minimum Gasteiger partial charge on any atom is -0.497 e. The number of nitrogen functional groups attached to an aromatic ring is 2. The maximum absolute atomic E-state index is 13.1. The van der Waals surface area contributed by atoms with Gasteiger partial charge in [0.05, 0.1) is 12.7 Å². The minimum absolute atomic E-state index is 0.108. The molecule has 31 heavy (non-hydrogen) atoms. The van der Waals surface area contributed by atoms with Crippen LogP contribution in [0.5, 0.6) is 5.75 Å². The lowest BCUT2D eigenvalue weighted by atomic mass is 9.97. The van der Waals surface area contributed by atoms with Crippen molar-refractivity contribution in [2.24, 2.45) is 0 Å². The number of hydrogen-bond donors (Lipinski definition) is 2. The number of hydrogen-bond acceptors (Lipinski definition) is 6. The number of rotatable bonds is 6. The van der Waals surface area contributed by atoms with E-state index in [-0.39, 0.29) is 18.2 Å². The van der Waals surface area contributed by atoms with Crippen LogP contribution in [-0.4, -0.2) is 35.2 Å². The van der Waals surface area contributed by atoms with E-state index in [9.17, 15) is 9.59 Å². The van der Waals surface area contributed by atoms with Crippen LogP contribution in [-0.2, 0) is 6.54 Å². The lowest BCUT2D eigenvalue weighted by Crippen LogP contribution is -2.28. The normalized spacial score (nSPS) is 12.5. The smallest absolute Gasteiger partial charge is 0.256 e. The van der Waals surface area contributed by atoms with Gasteiger partial charge in [-0.1, -0.05) is 12.6 Å². The Morgan fingerprint density at radius 2 is 1.87 bits per heavy atom. The van der Waals surface area contributed by atoms with Crippen molar-refractivity contribution < 1.29 is 14.3 Å². The van der Waals surface area contributed by atoms with Crippen molar-refractivity contribution in [2.75, 3.05) is 25.1 Å². The monoisotopic (exact) mass is 414 g/mol. The Bertz CT molecular complexity index is 1180. The standard InChI is InChI=1S/C24H22N4O3/c1-14(23(29)15-3-6-17(31-2)7-4-15)12-28-13-19-18(16-5-10-21(26)27-11-16)8-9-20(25)22(19)24(28)30/h3-11H,1,12-13,25H2,2H3,(H2,26,27). The zero-order valence-corrected chi connectivity index (χ0v) is 17.1. The first-order valence-corrected chi connectivity index (χ1v) is 9.68. The minimum atomic E-state index is -0.221. The number of amides is 1. The zero-order chi connectivity index (χ0) is 22.1. The summed E-state index contributed by atoms with van der Waals surface area (Å²) in [6.45, 7) is 4.35. The number of anilines is 2. The quantitative estimate of drug-likeness (QED) is 0.364. The second-order valence-electron chi connectivity index (χ2n) is 7.35. The second kappa shape index (κ2) is 7.95. The molecule has 0 spiro atoms. The van der Waals surface area contributed by atoms with Gasteiger partial charge in [-0.2, -0.15) is 0 Å². The van der Waals surface area contributed by atoms with E-state index < -0.39 is 0 Å². The molecule has 0 saturated carbocycles. The van der Waals surface area contributed by atoms with Crippen molar-refractivity contribution >= 4 is 23.2 Å². The van der Waals surface area contributed by atoms with Crippen molar-refractivity contribution in [3.05, 3.63) is 83.6 Å². The maximum atomic E-state index is 13.1. The molecule has 1 amide bonds. The topological polar surface area (TPSA) is 112 Å². The van der Waals surface area contributed by atoms with Gasteiger partial charge in [0.15, 0.2) is 5.78 Å². The Labute approximate surface area is 180 Å². The van der Waals surface area contributed by atoms with Gasteiger partial charge in [0.25, 0.3) is 5.91 Å². The Morgan fingerprint density at radius 1 is 1.13 bits per heavy atom. The molecule has 0 aliphatic carbocycles. The van der Waals surface area contributed by atoms with Crippen LogP contribution in [0, 0.1) is 0 Å². The number of Topliss-reactive ketones (excluding diaryl/α,β-unsaturated/α-hetero) is 1. The van der Waals surface area contributed by atoms with Gasteiger partial charge < -0.3 is 21.1 Å². The summed E-state index contributed by atoms with van der Waals surface area (Å²) < 4.78 is 5.12. The number of pyridine rings is 1. The van der Waals surface area contributed by atoms with Crippen molar-refractivity contribution in [3.63, 3.8) is 0 Å². The van der Waals surface area contributed by atoms with Gasteiger partial charge in [-0.3, -0.25) is 9.59 Å². The molecule has 0 fully saturated rings. The molecule has 1 aliphatic heterocycles. The third kappa shape index (κ3) is 3.73. The first-order valence-electron chi connectivity index (χ1n) is 9.68. The fourth-order valence-electron chi connectivity index (χ4n) is 3.71. The molecular formula is C24H22N4O3. The molecule has 2 heterocycles. The van der Waals surface area contributed by atoms with E-state index in [1.54, 1.807) is 54.6 Å². The Kier molecular flexibility index (Phi) is 5.17. The Morgan fingerprint density at radius 3 is 2.52 bits per heavy atom. The van der Waals surface area contributed by atoms with E-state index in [1.165, 1.54) is 0 Å². The third-order valence-electron chi connectivity index (χ3n) is 5.35. The highest BCUT2D eigenvalue weighted by molar-refractivity contribution is 6.10. The van der Waals surface area contributed by atoms with E-state index in [1.807, 2.05) is 12.1 Å². The number of carbonyl (C=O) groups excluding carboxylic acids is 2. The first kappa shape index (κ1) is 20.2. The number of methoxy groups -OCH3 is 1. The van der Waals surface area contributed by atoms with Gasteiger partial charge in [0, 0.05) is 41.7 Å². The number of aromatic nitrogens is 1. The predicted molar refractivity (Wildman–Crippen MR) is 120 cm³/mol. The number of ketones is 1. The molecule has 0 atom stereocenters. The summed E-state index contributed by atoms with van der Waals surface area (Å²) in [7, 11) is 1.56. The van der Waals surface area contributed by atoms with Crippen molar-refractivity contribution in [1.82, 2.24) is 9.88 Å². The van der Waals surface area contributed by atoms with Gasteiger partial charge in [0.2, 0.25) is 0 Å². The SMILES string of the molecule is C=C(CN1Cc2c(-c3ccc(N)nc3)ccc(N)c2C1=O)C(=O)c1ccc(OC)cc1. The molecule has 0 radical (unpaired) electrons. The predicted octanol–water partition coefficient (Wildman–Crippen LogP) is 3.32. The highest BCUT2D eigenvalue weighted by atomic mass is 16.5. The van der Waals surface area contributed by atoms with E-state index in [4.69, 9.17) is 16.2 Å². The molecule has 4 N–H and O–H groups in total. The summed E-state index contributed by atoms with van der Waals surface area (Å²) >= 11 is 0. The third-order valence-corrected chi connectivity index (χ3v) is 5.35. The summed E-state index contributed by atoms with van der Waals surface area (Å²) in [5.74, 6) is 0.637. The molecule has 1 aliphatic rings. The van der Waals surface area contributed by atoms with Crippen LogP contribution in [0.15, 0.2) is 66.9 Å². The summed E-state index contributed by atoms with van der Waals surface area (Å²) in [6, 6.07) is 13.9. The Balaban J connectivity index is 1.58. The molecule has 4 rings (SSSR count). The summed E-state index contributed by atoms with van der Waals surface area (Å²) in [6.07, 6.45) is 1.67. The van der Waals surface area contributed by atoms with Gasteiger partial charge in [-0.05, 0) is 53.6 Å². The van der Waals surface area contributed by atoms with E-state index in [2.05, 4.69) is 11.6 Å². The van der Waals surface area contributed by atoms with Crippen LogP contribution >= 0.6 is 0 Å².